The number of hydrogen-bond acceptors (Lipinski definition) is 3. The van der Waals surface area contributed by atoms with Crippen molar-refractivity contribution in [3.8, 4) is 0 Å². The van der Waals surface area contributed by atoms with Crippen LogP contribution in [0.1, 0.15) is 38.5 Å². The van der Waals surface area contributed by atoms with Crippen molar-refractivity contribution in [1.82, 2.24) is 19.4 Å². The molecule has 132 valence electrons. The molecule has 2 aromatic rings. The predicted octanol–water partition coefficient (Wildman–Crippen LogP) is 2.03. The van der Waals surface area contributed by atoms with Crippen LogP contribution in [0.5, 0.6) is 0 Å². The van der Waals surface area contributed by atoms with E-state index in [1.54, 1.807) is 24.5 Å². The first-order chi connectivity index (χ1) is 12.0. The minimum Gasteiger partial charge on any atom is -0.351 e. The van der Waals surface area contributed by atoms with Gasteiger partial charge in [0.05, 0.1) is 5.56 Å². The van der Waals surface area contributed by atoms with Crippen molar-refractivity contribution in [1.29, 1.82) is 0 Å². The van der Waals surface area contributed by atoms with E-state index in [0.29, 0.717) is 31.7 Å². The average Bonchev–Trinajstić information content (AvgIpc) is 2.83. The fourth-order valence-electron chi connectivity index (χ4n) is 3.24. The highest BCUT2D eigenvalue weighted by molar-refractivity contribution is 5.96. The van der Waals surface area contributed by atoms with Crippen LogP contribution in [0.25, 0.3) is 0 Å². The van der Waals surface area contributed by atoms with Gasteiger partial charge < -0.3 is 14.4 Å². The van der Waals surface area contributed by atoms with E-state index in [1.165, 1.54) is 0 Å². The van der Waals surface area contributed by atoms with E-state index in [1.807, 2.05) is 41.3 Å². The van der Waals surface area contributed by atoms with E-state index in [4.69, 9.17) is 0 Å². The minimum absolute atomic E-state index is 0.00318. The van der Waals surface area contributed by atoms with Crippen LogP contribution in [-0.2, 0) is 7.05 Å². The van der Waals surface area contributed by atoms with Crippen LogP contribution in [0.3, 0.4) is 0 Å². The molecule has 3 heterocycles. The number of nitrogens with zero attached hydrogens (tertiary/aromatic N) is 4. The Bertz CT molecular complexity index is 782. The Hall–Kier alpha value is -2.63. The van der Waals surface area contributed by atoms with Gasteiger partial charge in [-0.1, -0.05) is 0 Å². The Labute approximate surface area is 148 Å². The van der Waals surface area contributed by atoms with Gasteiger partial charge in [-0.15, -0.1) is 0 Å². The van der Waals surface area contributed by atoms with Gasteiger partial charge in [-0.25, -0.2) is 0 Å². The van der Waals surface area contributed by atoms with Crippen LogP contribution in [-0.4, -0.2) is 57.3 Å². The van der Waals surface area contributed by atoms with Crippen molar-refractivity contribution in [2.24, 2.45) is 7.05 Å². The molecular weight excluding hydrogens is 316 g/mol. The second-order valence-electron chi connectivity index (χ2n) is 6.52. The molecule has 0 atom stereocenters. The summed E-state index contributed by atoms with van der Waals surface area (Å²) in [7, 11) is 1.97. The fourth-order valence-corrected chi connectivity index (χ4v) is 3.24. The smallest absolute Gasteiger partial charge is 0.255 e. The fraction of sp³-hybridized carbons (Fsp3) is 0.421. The summed E-state index contributed by atoms with van der Waals surface area (Å²) in [5.74, 6) is 0.0582. The summed E-state index contributed by atoms with van der Waals surface area (Å²) in [5, 5.41) is 0. The third-order valence-electron chi connectivity index (χ3n) is 5.00. The van der Waals surface area contributed by atoms with Crippen LogP contribution in [0.2, 0.25) is 0 Å². The lowest BCUT2D eigenvalue weighted by atomic mass is 10.2. The van der Waals surface area contributed by atoms with Crippen LogP contribution in [0.15, 0.2) is 30.6 Å². The van der Waals surface area contributed by atoms with Gasteiger partial charge in [0, 0.05) is 62.6 Å². The quantitative estimate of drug-likeness (QED) is 0.840. The van der Waals surface area contributed by atoms with Crippen LogP contribution in [0, 0.1) is 13.8 Å². The molecule has 2 amide bonds. The SMILES string of the molecule is Cc1cc(C(=O)N2CCCN(C(=O)c3ccncc3)CC2)c(C)n1C. The minimum atomic E-state index is 0.00318. The standard InChI is InChI=1S/C19H24N4O2/c1-14-13-17(15(2)21(14)3)19(25)23-10-4-9-22(11-12-23)18(24)16-5-7-20-8-6-16/h5-8,13H,4,9-12H2,1-3H3. The Kier molecular flexibility index (Phi) is 4.88. The van der Waals surface area contributed by atoms with E-state index in [0.717, 1.165) is 23.4 Å². The largest absolute Gasteiger partial charge is 0.351 e. The van der Waals surface area contributed by atoms with Gasteiger partial charge in [0.15, 0.2) is 0 Å². The molecule has 6 nitrogen and oxygen atoms in total. The zero-order valence-electron chi connectivity index (χ0n) is 15.0. The molecule has 1 aliphatic rings. The van der Waals surface area contributed by atoms with Gasteiger partial charge in [-0.05, 0) is 38.5 Å². The molecule has 0 radical (unpaired) electrons. The van der Waals surface area contributed by atoms with Crippen molar-refractivity contribution >= 4 is 11.8 Å². The number of amides is 2. The van der Waals surface area contributed by atoms with E-state index in [-0.39, 0.29) is 11.8 Å². The van der Waals surface area contributed by atoms with Gasteiger partial charge >= 0.3 is 0 Å². The van der Waals surface area contributed by atoms with Crippen molar-refractivity contribution < 1.29 is 9.59 Å². The number of carbonyl (C=O) groups is 2. The molecule has 0 saturated carbocycles. The number of pyridine rings is 1. The number of hydrogen-bond donors (Lipinski definition) is 0. The maximum Gasteiger partial charge on any atom is 0.255 e. The van der Waals surface area contributed by atoms with Crippen LogP contribution >= 0.6 is 0 Å². The van der Waals surface area contributed by atoms with Crippen molar-refractivity contribution in [2.45, 2.75) is 20.3 Å². The summed E-state index contributed by atoms with van der Waals surface area (Å²) in [6.07, 6.45) is 4.04. The summed E-state index contributed by atoms with van der Waals surface area (Å²) in [4.78, 5) is 33.1. The van der Waals surface area contributed by atoms with E-state index >= 15 is 0 Å². The number of rotatable bonds is 2. The lowest BCUT2D eigenvalue weighted by Gasteiger charge is -2.22. The maximum absolute atomic E-state index is 12.9. The molecule has 1 aliphatic heterocycles. The summed E-state index contributed by atoms with van der Waals surface area (Å²) in [6.45, 7) is 6.42. The first-order valence-corrected chi connectivity index (χ1v) is 8.60. The van der Waals surface area contributed by atoms with E-state index in [2.05, 4.69) is 4.98 Å². The molecule has 25 heavy (non-hydrogen) atoms. The Morgan fingerprint density at radius 3 is 2.12 bits per heavy atom. The molecule has 0 N–H and O–H groups in total. The number of aromatic nitrogens is 2. The molecule has 0 unspecified atom stereocenters. The zero-order valence-corrected chi connectivity index (χ0v) is 15.0. The lowest BCUT2D eigenvalue weighted by Crippen LogP contribution is -2.37. The van der Waals surface area contributed by atoms with Crippen molar-refractivity contribution in [3.63, 3.8) is 0 Å². The number of carbonyl (C=O) groups excluding carboxylic acids is 2. The molecule has 2 aromatic heterocycles. The summed E-state index contributed by atoms with van der Waals surface area (Å²) >= 11 is 0. The van der Waals surface area contributed by atoms with Crippen LogP contribution < -0.4 is 0 Å². The van der Waals surface area contributed by atoms with Crippen molar-refractivity contribution in [2.75, 3.05) is 26.2 Å². The van der Waals surface area contributed by atoms with Crippen molar-refractivity contribution in [3.05, 3.63) is 53.1 Å². The summed E-state index contributed by atoms with van der Waals surface area (Å²) in [5.41, 5.74) is 3.46. The van der Waals surface area contributed by atoms with Gasteiger partial charge in [0.2, 0.25) is 0 Å². The predicted molar refractivity (Wildman–Crippen MR) is 95.5 cm³/mol. The lowest BCUT2D eigenvalue weighted by molar-refractivity contribution is 0.0718. The van der Waals surface area contributed by atoms with E-state index in [9.17, 15) is 9.59 Å². The summed E-state index contributed by atoms with van der Waals surface area (Å²) < 4.78 is 2.03. The van der Waals surface area contributed by atoms with Crippen LogP contribution in [0.4, 0.5) is 0 Å². The molecule has 6 heteroatoms. The Balaban J connectivity index is 1.70. The van der Waals surface area contributed by atoms with E-state index < -0.39 is 0 Å². The highest BCUT2D eigenvalue weighted by Crippen LogP contribution is 2.17. The molecule has 0 spiro atoms. The van der Waals surface area contributed by atoms with Gasteiger partial charge in [0.25, 0.3) is 11.8 Å². The highest BCUT2D eigenvalue weighted by atomic mass is 16.2. The Morgan fingerprint density at radius 2 is 1.56 bits per heavy atom. The first kappa shape index (κ1) is 17.2. The molecular formula is C19H24N4O2. The molecule has 1 saturated heterocycles. The molecule has 0 bridgehead atoms. The monoisotopic (exact) mass is 340 g/mol. The summed E-state index contributed by atoms with van der Waals surface area (Å²) in [6, 6.07) is 5.40. The average molecular weight is 340 g/mol. The second-order valence-corrected chi connectivity index (χ2v) is 6.52. The van der Waals surface area contributed by atoms with Gasteiger partial charge in [0.1, 0.15) is 0 Å². The maximum atomic E-state index is 12.9. The molecule has 0 aliphatic carbocycles. The van der Waals surface area contributed by atoms with Gasteiger partial charge in [-0.2, -0.15) is 0 Å². The zero-order chi connectivity index (χ0) is 18.0. The Morgan fingerprint density at radius 1 is 0.960 bits per heavy atom. The number of aryl methyl sites for hydroxylation is 1. The molecule has 3 rings (SSSR count). The first-order valence-electron chi connectivity index (χ1n) is 8.60. The van der Waals surface area contributed by atoms with Gasteiger partial charge in [-0.3, -0.25) is 14.6 Å². The third-order valence-corrected chi connectivity index (χ3v) is 5.00. The highest BCUT2D eigenvalue weighted by Gasteiger charge is 2.25. The second kappa shape index (κ2) is 7.09. The normalized spacial score (nSPS) is 15.2. The molecule has 1 fully saturated rings. The topological polar surface area (TPSA) is 58.4 Å². The third kappa shape index (κ3) is 3.43. The molecule has 0 aromatic carbocycles.